The van der Waals surface area contributed by atoms with Gasteiger partial charge in [-0.1, -0.05) is 12.1 Å². The average Bonchev–Trinajstić information content (AvgIpc) is 3.48. The van der Waals surface area contributed by atoms with Crippen molar-refractivity contribution >= 4 is 16.9 Å². The molecule has 1 amide bonds. The molecule has 3 aromatic heterocycles. The number of hydrogen-bond acceptors (Lipinski definition) is 5. The fraction of sp³-hybridized carbons (Fsp3) is 0.227. The Morgan fingerprint density at radius 3 is 3.03 bits per heavy atom. The van der Waals surface area contributed by atoms with E-state index < -0.39 is 0 Å². The molecule has 0 bridgehead atoms. The molecule has 152 valence electrons. The molecule has 5 rings (SSSR count). The van der Waals surface area contributed by atoms with E-state index in [1.165, 1.54) is 0 Å². The number of aromatic amines is 2. The Balaban J connectivity index is 1.48. The van der Waals surface area contributed by atoms with Crippen LogP contribution in [0.4, 0.5) is 0 Å². The molecule has 0 radical (unpaired) electrons. The topological polar surface area (TPSA) is 96.1 Å². The van der Waals surface area contributed by atoms with Crippen molar-refractivity contribution < 1.29 is 14.3 Å². The van der Waals surface area contributed by atoms with Crippen LogP contribution in [0.3, 0.4) is 0 Å². The Labute approximate surface area is 172 Å². The number of amides is 1. The molecule has 4 heterocycles. The van der Waals surface area contributed by atoms with Crippen molar-refractivity contribution in [3.8, 4) is 17.0 Å². The number of fused-ring (bicyclic) bond motifs is 1. The van der Waals surface area contributed by atoms with Crippen LogP contribution < -0.4 is 4.74 Å². The first-order valence-electron chi connectivity index (χ1n) is 9.74. The summed E-state index contributed by atoms with van der Waals surface area (Å²) in [7, 11) is 1.64. The highest BCUT2D eigenvalue weighted by molar-refractivity contribution is 6.06. The largest absolute Gasteiger partial charge is 0.497 e. The zero-order valence-corrected chi connectivity index (χ0v) is 16.5. The number of carbonyl (C=O) groups is 1. The molecule has 8 heteroatoms. The summed E-state index contributed by atoms with van der Waals surface area (Å²) in [5, 5.41) is 7.55. The number of ether oxygens (including phenoxy) is 2. The predicted octanol–water partition coefficient (Wildman–Crippen LogP) is 3.18. The highest BCUT2D eigenvalue weighted by Crippen LogP contribution is 2.30. The molecule has 0 spiro atoms. The first-order valence-corrected chi connectivity index (χ1v) is 9.74. The van der Waals surface area contributed by atoms with Gasteiger partial charge < -0.3 is 19.4 Å². The summed E-state index contributed by atoms with van der Waals surface area (Å²) in [6.07, 6.45) is 5.24. The number of H-pyrrole nitrogens is 2. The standard InChI is InChI=1S/C22H21N5O3/c1-29-16-4-2-3-14(9-16)20-13-30-8-7-27(20)22(28)18-12-23-21-17(18)5-6-19(26-21)15-10-24-25-11-15/h2-6,9-12,20H,7-8,13H2,1H3,(H,23,26)(H,24,25)/t20-/m1/s1. The van der Waals surface area contributed by atoms with Crippen LogP contribution in [0.5, 0.6) is 5.75 Å². The third-order valence-electron chi connectivity index (χ3n) is 5.43. The molecule has 0 unspecified atom stereocenters. The van der Waals surface area contributed by atoms with E-state index >= 15 is 0 Å². The minimum absolute atomic E-state index is 0.0461. The Bertz CT molecular complexity index is 1180. The normalized spacial score (nSPS) is 16.7. The maximum atomic E-state index is 13.5. The second-order valence-corrected chi connectivity index (χ2v) is 7.15. The number of benzene rings is 1. The molecule has 1 aliphatic heterocycles. The number of pyridine rings is 1. The number of rotatable bonds is 4. The highest BCUT2D eigenvalue weighted by Gasteiger charge is 2.31. The van der Waals surface area contributed by atoms with Gasteiger partial charge in [-0.2, -0.15) is 5.10 Å². The zero-order chi connectivity index (χ0) is 20.5. The van der Waals surface area contributed by atoms with Crippen LogP contribution in [0, 0.1) is 0 Å². The van der Waals surface area contributed by atoms with Crippen LogP contribution in [-0.2, 0) is 4.74 Å². The van der Waals surface area contributed by atoms with Crippen molar-refractivity contribution in [3.05, 3.63) is 66.1 Å². The molecule has 1 aliphatic rings. The third-order valence-corrected chi connectivity index (χ3v) is 5.43. The maximum Gasteiger partial charge on any atom is 0.256 e. The Morgan fingerprint density at radius 2 is 2.20 bits per heavy atom. The Kier molecular flexibility index (Phi) is 4.68. The van der Waals surface area contributed by atoms with Crippen LogP contribution in [0.1, 0.15) is 22.0 Å². The molecule has 1 saturated heterocycles. The SMILES string of the molecule is COc1cccc([C@H]2COCCN2C(=O)c2c[nH]c3nc(-c4cn[nH]c4)ccc23)c1. The first kappa shape index (κ1) is 18.4. The summed E-state index contributed by atoms with van der Waals surface area (Å²) in [5.41, 5.74) is 3.94. The van der Waals surface area contributed by atoms with Crippen LogP contribution >= 0.6 is 0 Å². The van der Waals surface area contributed by atoms with Crippen molar-refractivity contribution in [3.63, 3.8) is 0 Å². The van der Waals surface area contributed by atoms with Crippen molar-refractivity contribution in [1.29, 1.82) is 0 Å². The van der Waals surface area contributed by atoms with Gasteiger partial charge in [0.15, 0.2) is 0 Å². The van der Waals surface area contributed by atoms with Crippen molar-refractivity contribution in [1.82, 2.24) is 25.1 Å². The van der Waals surface area contributed by atoms with E-state index in [-0.39, 0.29) is 11.9 Å². The molecular formula is C22H21N5O3. The first-order chi connectivity index (χ1) is 14.7. The quantitative estimate of drug-likeness (QED) is 0.546. The molecule has 4 aromatic rings. The van der Waals surface area contributed by atoms with Gasteiger partial charge in [0.1, 0.15) is 11.4 Å². The lowest BCUT2D eigenvalue weighted by molar-refractivity contribution is -0.00263. The molecule has 1 fully saturated rings. The molecule has 0 aliphatic carbocycles. The van der Waals surface area contributed by atoms with Gasteiger partial charge in [0.05, 0.1) is 43.8 Å². The van der Waals surface area contributed by atoms with Crippen LogP contribution in [-0.4, -0.2) is 57.8 Å². The van der Waals surface area contributed by atoms with E-state index in [2.05, 4.69) is 20.2 Å². The molecular weight excluding hydrogens is 382 g/mol. The summed E-state index contributed by atoms with van der Waals surface area (Å²) in [6, 6.07) is 11.4. The number of aromatic nitrogens is 4. The number of carbonyl (C=O) groups excluding carboxylic acids is 1. The summed E-state index contributed by atoms with van der Waals surface area (Å²) < 4.78 is 11.0. The predicted molar refractivity (Wildman–Crippen MR) is 111 cm³/mol. The van der Waals surface area contributed by atoms with Gasteiger partial charge in [0, 0.05) is 29.9 Å². The fourth-order valence-corrected chi connectivity index (χ4v) is 3.86. The second kappa shape index (κ2) is 7.64. The molecule has 1 atom stereocenters. The smallest absolute Gasteiger partial charge is 0.256 e. The number of nitrogens with zero attached hydrogens (tertiary/aromatic N) is 3. The third kappa shape index (κ3) is 3.21. The minimum atomic E-state index is -0.176. The van der Waals surface area contributed by atoms with Gasteiger partial charge in [-0.05, 0) is 29.8 Å². The minimum Gasteiger partial charge on any atom is -0.497 e. The molecule has 0 saturated carbocycles. The van der Waals surface area contributed by atoms with E-state index in [1.54, 1.807) is 25.7 Å². The van der Waals surface area contributed by atoms with E-state index in [4.69, 9.17) is 9.47 Å². The Hall–Kier alpha value is -3.65. The van der Waals surface area contributed by atoms with Gasteiger partial charge in [0.25, 0.3) is 5.91 Å². The van der Waals surface area contributed by atoms with E-state index in [0.29, 0.717) is 31.0 Å². The average molecular weight is 403 g/mol. The maximum absolute atomic E-state index is 13.5. The lowest BCUT2D eigenvalue weighted by atomic mass is 10.0. The summed E-state index contributed by atoms with van der Waals surface area (Å²) in [6.45, 7) is 1.48. The van der Waals surface area contributed by atoms with E-state index in [1.807, 2.05) is 41.3 Å². The van der Waals surface area contributed by atoms with E-state index in [0.717, 1.165) is 28.0 Å². The molecule has 1 aromatic carbocycles. The summed E-state index contributed by atoms with van der Waals surface area (Å²) in [5.74, 6) is 0.712. The van der Waals surface area contributed by atoms with Crippen molar-refractivity contribution in [2.75, 3.05) is 26.9 Å². The number of morpholine rings is 1. The number of hydrogen-bond donors (Lipinski definition) is 2. The number of nitrogens with one attached hydrogen (secondary N) is 2. The van der Waals surface area contributed by atoms with Crippen molar-refractivity contribution in [2.45, 2.75) is 6.04 Å². The van der Waals surface area contributed by atoms with Crippen LogP contribution in [0.2, 0.25) is 0 Å². The summed E-state index contributed by atoms with van der Waals surface area (Å²) >= 11 is 0. The van der Waals surface area contributed by atoms with Crippen LogP contribution in [0.25, 0.3) is 22.3 Å². The summed E-state index contributed by atoms with van der Waals surface area (Å²) in [4.78, 5) is 23.2. The van der Waals surface area contributed by atoms with Gasteiger partial charge in [0.2, 0.25) is 0 Å². The molecule has 8 nitrogen and oxygen atoms in total. The number of methoxy groups -OCH3 is 1. The van der Waals surface area contributed by atoms with Gasteiger partial charge in [-0.15, -0.1) is 0 Å². The lowest BCUT2D eigenvalue weighted by Gasteiger charge is -2.36. The van der Waals surface area contributed by atoms with Crippen molar-refractivity contribution in [2.24, 2.45) is 0 Å². The Morgan fingerprint density at radius 1 is 1.27 bits per heavy atom. The monoisotopic (exact) mass is 403 g/mol. The highest BCUT2D eigenvalue weighted by atomic mass is 16.5. The fourth-order valence-electron chi connectivity index (χ4n) is 3.86. The second-order valence-electron chi connectivity index (χ2n) is 7.15. The van der Waals surface area contributed by atoms with Gasteiger partial charge in [-0.3, -0.25) is 9.89 Å². The zero-order valence-electron chi connectivity index (χ0n) is 16.5. The van der Waals surface area contributed by atoms with Gasteiger partial charge in [-0.25, -0.2) is 4.98 Å². The molecule has 30 heavy (non-hydrogen) atoms. The van der Waals surface area contributed by atoms with Gasteiger partial charge >= 0.3 is 0 Å². The molecule has 2 N–H and O–H groups in total. The van der Waals surface area contributed by atoms with E-state index in [9.17, 15) is 4.79 Å². The lowest BCUT2D eigenvalue weighted by Crippen LogP contribution is -2.43. The van der Waals surface area contributed by atoms with Crippen LogP contribution in [0.15, 0.2) is 55.0 Å².